The molecule has 2 rings (SSSR count). The first-order valence-electron chi connectivity index (χ1n) is 9.84. The zero-order chi connectivity index (χ0) is 21.1. The third kappa shape index (κ3) is 3.95. The van der Waals surface area contributed by atoms with Gasteiger partial charge in [-0.05, 0) is 47.4 Å². The maximum absolute atomic E-state index is 10.7. The second kappa shape index (κ2) is 8.40. The van der Waals surface area contributed by atoms with Crippen molar-refractivity contribution in [1.82, 2.24) is 4.90 Å². The van der Waals surface area contributed by atoms with Gasteiger partial charge < -0.3 is 14.7 Å². The Bertz CT molecular complexity index is 862. The van der Waals surface area contributed by atoms with Gasteiger partial charge in [-0.2, -0.15) is 0 Å². The van der Waals surface area contributed by atoms with E-state index in [4.69, 9.17) is 4.74 Å². The Morgan fingerprint density at radius 2 is 1.75 bits per heavy atom. The lowest BCUT2D eigenvalue weighted by atomic mass is 9.75. The molecule has 0 aromatic heterocycles. The van der Waals surface area contributed by atoms with Crippen LogP contribution in [-0.2, 0) is 10.2 Å². The van der Waals surface area contributed by atoms with E-state index in [2.05, 4.69) is 63.7 Å². The summed E-state index contributed by atoms with van der Waals surface area (Å²) in [6.07, 6.45) is 3.93. The van der Waals surface area contributed by atoms with E-state index in [1.165, 1.54) is 16.3 Å². The number of fused-ring (bicyclic) bond motifs is 1. The molecular weight excluding hydrogens is 346 g/mol. The molecule has 0 saturated heterocycles. The summed E-state index contributed by atoms with van der Waals surface area (Å²) in [4.78, 5) is 2.02. The van der Waals surface area contributed by atoms with Crippen LogP contribution in [0.15, 0.2) is 61.0 Å². The largest absolute Gasteiger partial charge is 0.510 e. The quantitative estimate of drug-likeness (QED) is 0.583. The molecule has 1 N–H and O–H groups in total. The second-order valence-corrected chi connectivity index (χ2v) is 8.69. The van der Waals surface area contributed by atoms with Crippen molar-refractivity contribution in [1.29, 1.82) is 0 Å². The summed E-state index contributed by atoms with van der Waals surface area (Å²) in [5, 5.41) is 13.1. The van der Waals surface area contributed by atoms with Gasteiger partial charge in [0.15, 0.2) is 0 Å². The van der Waals surface area contributed by atoms with Crippen LogP contribution in [0.4, 0.5) is 0 Å². The number of aliphatic hydroxyl groups excluding tert-OH is 1. The number of aliphatic hydroxyl groups is 1. The van der Waals surface area contributed by atoms with Crippen LogP contribution in [0.1, 0.15) is 51.7 Å². The molecule has 0 fully saturated rings. The highest BCUT2D eigenvalue weighted by molar-refractivity contribution is 5.90. The lowest BCUT2D eigenvalue weighted by Crippen LogP contribution is -2.49. The van der Waals surface area contributed by atoms with Crippen molar-refractivity contribution in [3.8, 4) is 0 Å². The SMILES string of the molecule is C=C(O)C(C)(C(COC)c1ccc(C(C)(C)C)c2ccccc12)N(C)/C=C\C. The molecule has 0 aliphatic rings. The smallest absolute Gasteiger partial charge is 0.111 e. The summed E-state index contributed by atoms with van der Waals surface area (Å²) in [6, 6.07) is 12.9. The Labute approximate surface area is 170 Å². The van der Waals surface area contributed by atoms with E-state index in [1.807, 2.05) is 38.1 Å². The maximum Gasteiger partial charge on any atom is 0.111 e. The van der Waals surface area contributed by atoms with Gasteiger partial charge >= 0.3 is 0 Å². The Hall–Kier alpha value is -2.26. The Morgan fingerprint density at radius 3 is 2.25 bits per heavy atom. The fourth-order valence-electron chi connectivity index (χ4n) is 4.03. The van der Waals surface area contributed by atoms with Gasteiger partial charge in [-0.1, -0.05) is 69.8 Å². The summed E-state index contributed by atoms with van der Waals surface area (Å²) in [5.74, 6) is 0.0225. The monoisotopic (exact) mass is 381 g/mol. The number of rotatable bonds is 7. The van der Waals surface area contributed by atoms with Gasteiger partial charge in [0.05, 0.1) is 6.61 Å². The van der Waals surface area contributed by atoms with E-state index in [9.17, 15) is 5.11 Å². The minimum Gasteiger partial charge on any atom is -0.510 e. The minimum absolute atomic E-state index is 0.0422. The number of benzene rings is 2. The molecule has 3 nitrogen and oxygen atoms in total. The number of ether oxygens (including phenoxy) is 1. The second-order valence-electron chi connectivity index (χ2n) is 8.69. The molecule has 0 bridgehead atoms. The van der Waals surface area contributed by atoms with Gasteiger partial charge in [-0.15, -0.1) is 0 Å². The molecule has 3 heteroatoms. The van der Waals surface area contributed by atoms with E-state index in [-0.39, 0.29) is 17.1 Å². The predicted molar refractivity (Wildman–Crippen MR) is 120 cm³/mol. The maximum atomic E-state index is 10.7. The van der Waals surface area contributed by atoms with Crippen molar-refractivity contribution in [3.63, 3.8) is 0 Å². The van der Waals surface area contributed by atoms with E-state index in [0.717, 1.165) is 5.56 Å². The molecule has 0 aliphatic heterocycles. The van der Waals surface area contributed by atoms with Gasteiger partial charge in [0.25, 0.3) is 0 Å². The van der Waals surface area contributed by atoms with Gasteiger partial charge in [0.2, 0.25) is 0 Å². The van der Waals surface area contributed by atoms with Crippen molar-refractivity contribution in [2.75, 3.05) is 20.8 Å². The first-order valence-corrected chi connectivity index (χ1v) is 9.84. The molecule has 2 aromatic rings. The molecule has 2 unspecified atom stereocenters. The molecule has 0 aliphatic carbocycles. The lowest BCUT2D eigenvalue weighted by Gasteiger charge is -2.44. The topological polar surface area (TPSA) is 32.7 Å². The molecule has 2 aromatic carbocycles. The zero-order valence-corrected chi connectivity index (χ0v) is 18.4. The third-order valence-corrected chi connectivity index (χ3v) is 5.84. The summed E-state index contributed by atoms with van der Waals surface area (Å²) < 4.78 is 5.63. The normalized spacial score (nSPS) is 15.5. The van der Waals surface area contributed by atoms with Gasteiger partial charge in [-0.25, -0.2) is 0 Å². The van der Waals surface area contributed by atoms with Crippen LogP contribution in [0.3, 0.4) is 0 Å². The molecule has 152 valence electrons. The van der Waals surface area contributed by atoms with Crippen molar-refractivity contribution < 1.29 is 9.84 Å². The van der Waals surface area contributed by atoms with Crippen LogP contribution >= 0.6 is 0 Å². The Kier molecular flexibility index (Phi) is 6.61. The van der Waals surface area contributed by atoms with Crippen molar-refractivity contribution in [3.05, 3.63) is 72.1 Å². The summed E-state index contributed by atoms with van der Waals surface area (Å²) in [5.41, 5.74) is 1.79. The Morgan fingerprint density at radius 1 is 1.14 bits per heavy atom. The van der Waals surface area contributed by atoms with E-state index in [1.54, 1.807) is 7.11 Å². The molecule has 2 atom stereocenters. The third-order valence-electron chi connectivity index (χ3n) is 5.84. The van der Waals surface area contributed by atoms with E-state index in [0.29, 0.717) is 6.61 Å². The average Bonchev–Trinajstić information content (AvgIpc) is 2.64. The number of hydrogen-bond donors (Lipinski definition) is 1. The number of hydrogen-bond acceptors (Lipinski definition) is 3. The number of likely N-dealkylation sites (N-methyl/N-ethyl adjacent to an activating group) is 1. The fraction of sp³-hybridized carbons (Fsp3) is 0.440. The molecular formula is C25H35NO2. The standard InChI is InChI=1S/C25H35NO2/c1-9-16-26(7)25(6,18(2)27)23(17-28-8)21-14-15-22(24(3,4)5)20-13-11-10-12-19(20)21/h9-16,23,27H,2,17H2,1,3-8H3/b16-9-. The summed E-state index contributed by atoms with van der Waals surface area (Å²) in [6.45, 7) is 15.1. The zero-order valence-electron chi connectivity index (χ0n) is 18.4. The lowest BCUT2D eigenvalue weighted by molar-refractivity contribution is 0.0808. The van der Waals surface area contributed by atoms with E-state index >= 15 is 0 Å². The summed E-state index contributed by atoms with van der Waals surface area (Å²) in [7, 11) is 3.67. The van der Waals surface area contributed by atoms with Crippen LogP contribution < -0.4 is 0 Å². The number of allylic oxidation sites excluding steroid dienone is 1. The summed E-state index contributed by atoms with van der Waals surface area (Å²) >= 11 is 0. The minimum atomic E-state index is -0.714. The molecule has 0 saturated carbocycles. The van der Waals surface area contributed by atoms with Crippen LogP contribution in [0.2, 0.25) is 0 Å². The van der Waals surface area contributed by atoms with Crippen molar-refractivity contribution in [2.45, 2.75) is 51.5 Å². The first kappa shape index (κ1) is 22.0. The van der Waals surface area contributed by atoms with E-state index < -0.39 is 5.54 Å². The average molecular weight is 382 g/mol. The highest BCUT2D eigenvalue weighted by Crippen LogP contribution is 2.42. The number of nitrogens with zero attached hydrogens (tertiary/aromatic N) is 1. The number of methoxy groups -OCH3 is 1. The molecule has 0 heterocycles. The van der Waals surface area contributed by atoms with Gasteiger partial charge in [0, 0.05) is 20.1 Å². The highest BCUT2D eigenvalue weighted by atomic mass is 16.5. The molecule has 0 radical (unpaired) electrons. The van der Waals surface area contributed by atoms with Crippen LogP contribution in [0.5, 0.6) is 0 Å². The molecule has 0 spiro atoms. The Balaban J connectivity index is 2.80. The van der Waals surface area contributed by atoms with Gasteiger partial charge in [-0.3, -0.25) is 0 Å². The molecule has 28 heavy (non-hydrogen) atoms. The molecule has 0 amide bonds. The predicted octanol–water partition coefficient (Wildman–Crippen LogP) is 6.16. The van der Waals surface area contributed by atoms with Crippen LogP contribution in [-0.4, -0.2) is 36.3 Å². The van der Waals surface area contributed by atoms with Crippen molar-refractivity contribution in [2.24, 2.45) is 0 Å². The first-order chi connectivity index (χ1) is 13.1. The van der Waals surface area contributed by atoms with Gasteiger partial charge in [0.1, 0.15) is 11.3 Å². The van der Waals surface area contributed by atoms with Crippen LogP contribution in [0.25, 0.3) is 10.8 Å². The highest BCUT2D eigenvalue weighted by Gasteiger charge is 2.42. The fourth-order valence-corrected chi connectivity index (χ4v) is 4.03. The van der Waals surface area contributed by atoms with Crippen LogP contribution in [0, 0.1) is 0 Å². The van der Waals surface area contributed by atoms with Crippen molar-refractivity contribution >= 4 is 10.8 Å².